The number of aromatic nitrogens is 1. The Morgan fingerprint density at radius 2 is 2.24 bits per heavy atom. The van der Waals surface area contributed by atoms with E-state index in [9.17, 15) is 9.90 Å². The van der Waals surface area contributed by atoms with Gasteiger partial charge in [-0.25, -0.2) is 4.98 Å². The Kier molecular flexibility index (Phi) is 5.25. The zero-order valence-corrected chi connectivity index (χ0v) is 15.9. The van der Waals surface area contributed by atoms with Crippen LogP contribution < -0.4 is 5.32 Å². The van der Waals surface area contributed by atoms with Crippen LogP contribution in [0, 0.1) is 6.92 Å². The molecule has 2 N–H and O–H groups in total. The number of carbonyl (C=O) groups excluding carboxylic acids is 1. The van der Waals surface area contributed by atoms with E-state index in [-0.39, 0.29) is 11.9 Å². The van der Waals surface area contributed by atoms with Gasteiger partial charge in [0.05, 0.1) is 22.3 Å². The molecule has 1 atom stereocenters. The molecule has 0 saturated carbocycles. The van der Waals surface area contributed by atoms with E-state index < -0.39 is 5.60 Å². The topological polar surface area (TPSA) is 62.2 Å². The van der Waals surface area contributed by atoms with Crippen LogP contribution in [0.25, 0.3) is 0 Å². The maximum absolute atomic E-state index is 12.7. The summed E-state index contributed by atoms with van der Waals surface area (Å²) in [5.41, 5.74) is 2.11. The highest BCUT2D eigenvalue weighted by Crippen LogP contribution is 2.33. The number of aryl methyl sites for hydroxylation is 3. The average molecular weight is 359 g/mol. The Morgan fingerprint density at radius 3 is 3.00 bits per heavy atom. The molecule has 1 aliphatic rings. The maximum Gasteiger partial charge on any atom is 0.251 e. The van der Waals surface area contributed by atoms with E-state index in [4.69, 9.17) is 0 Å². The van der Waals surface area contributed by atoms with Crippen molar-refractivity contribution in [3.05, 3.63) is 51.0 Å². The second-order valence-corrected chi connectivity index (χ2v) is 8.76. The molecule has 1 aromatic heterocycles. The Balaban J connectivity index is 1.70. The molecule has 0 aliphatic heterocycles. The number of hydrogen-bond acceptors (Lipinski definition) is 4. The van der Waals surface area contributed by atoms with Crippen molar-refractivity contribution in [3.63, 3.8) is 0 Å². The fourth-order valence-electron chi connectivity index (χ4n) is 3.24. The van der Waals surface area contributed by atoms with Gasteiger partial charge >= 0.3 is 0 Å². The number of carbonyl (C=O) groups is 1. The molecule has 0 unspecified atom stereocenters. The first kappa shape index (κ1) is 18.1. The minimum atomic E-state index is -0.695. The third-order valence-corrected chi connectivity index (χ3v) is 5.63. The molecule has 1 aromatic carbocycles. The number of thiazole rings is 1. The zero-order valence-electron chi connectivity index (χ0n) is 15.1. The first-order valence-corrected chi connectivity index (χ1v) is 9.72. The summed E-state index contributed by atoms with van der Waals surface area (Å²) in [4.78, 5) is 18.6. The SMILES string of the molecule is Cc1nc2c(s1)CCC[C@H]2NC(=O)c1cccc(CCC(C)(C)O)c1. The van der Waals surface area contributed by atoms with Crippen LogP contribution in [0.4, 0.5) is 0 Å². The second-order valence-electron chi connectivity index (χ2n) is 7.47. The molecule has 1 heterocycles. The summed E-state index contributed by atoms with van der Waals surface area (Å²) in [6.07, 6.45) is 4.52. The Bertz CT molecular complexity index is 761. The molecule has 3 rings (SSSR count). The Hall–Kier alpha value is -1.72. The number of benzene rings is 1. The lowest BCUT2D eigenvalue weighted by Crippen LogP contribution is -2.31. The molecule has 0 saturated heterocycles. The first-order chi connectivity index (χ1) is 11.8. The van der Waals surface area contributed by atoms with Crippen LogP contribution in [-0.4, -0.2) is 21.6 Å². The van der Waals surface area contributed by atoms with Crippen LogP contribution in [0.3, 0.4) is 0 Å². The van der Waals surface area contributed by atoms with Crippen molar-refractivity contribution < 1.29 is 9.90 Å². The second kappa shape index (κ2) is 7.26. The quantitative estimate of drug-likeness (QED) is 0.850. The third-order valence-electron chi connectivity index (χ3n) is 4.58. The first-order valence-electron chi connectivity index (χ1n) is 8.90. The molecular formula is C20H26N2O2S. The average Bonchev–Trinajstić information content (AvgIpc) is 2.94. The van der Waals surface area contributed by atoms with Crippen molar-refractivity contribution in [1.82, 2.24) is 10.3 Å². The number of rotatable bonds is 5. The molecule has 5 heteroatoms. The number of nitrogens with one attached hydrogen (secondary N) is 1. The van der Waals surface area contributed by atoms with Crippen molar-refractivity contribution >= 4 is 17.2 Å². The van der Waals surface area contributed by atoms with Gasteiger partial charge in [-0.1, -0.05) is 12.1 Å². The van der Waals surface area contributed by atoms with Crippen LogP contribution in [0.5, 0.6) is 0 Å². The van der Waals surface area contributed by atoms with Crippen LogP contribution in [0.2, 0.25) is 0 Å². The lowest BCUT2D eigenvalue weighted by atomic mass is 9.96. The van der Waals surface area contributed by atoms with Gasteiger partial charge in [-0.05, 0) is 70.6 Å². The summed E-state index contributed by atoms with van der Waals surface area (Å²) < 4.78 is 0. The van der Waals surface area contributed by atoms with Crippen LogP contribution in [0.1, 0.15) is 70.7 Å². The van der Waals surface area contributed by atoms with Gasteiger partial charge in [-0.15, -0.1) is 11.3 Å². The molecule has 0 radical (unpaired) electrons. The summed E-state index contributed by atoms with van der Waals surface area (Å²) in [5, 5.41) is 14.1. The van der Waals surface area contributed by atoms with Gasteiger partial charge in [-0.3, -0.25) is 4.79 Å². The molecule has 1 amide bonds. The highest BCUT2D eigenvalue weighted by molar-refractivity contribution is 7.11. The van der Waals surface area contributed by atoms with E-state index >= 15 is 0 Å². The van der Waals surface area contributed by atoms with Crippen molar-refractivity contribution in [3.8, 4) is 0 Å². The molecule has 0 spiro atoms. The van der Waals surface area contributed by atoms with Crippen molar-refractivity contribution in [1.29, 1.82) is 0 Å². The highest BCUT2D eigenvalue weighted by Gasteiger charge is 2.25. The molecule has 0 fully saturated rings. The van der Waals surface area contributed by atoms with E-state index in [1.807, 2.05) is 31.2 Å². The molecule has 0 bridgehead atoms. The number of fused-ring (bicyclic) bond motifs is 1. The predicted octanol–water partition coefficient (Wildman–Crippen LogP) is 3.96. The minimum Gasteiger partial charge on any atom is -0.390 e. The third kappa shape index (κ3) is 4.67. The van der Waals surface area contributed by atoms with E-state index in [0.717, 1.165) is 41.9 Å². The minimum absolute atomic E-state index is 0.0150. The summed E-state index contributed by atoms with van der Waals surface area (Å²) >= 11 is 1.74. The number of amides is 1. The molecule has 25 heavy (non-hydrogen) atoms. The fourth-order valence-corrected chi connectivity index (χ4v) is 4.28. The molecule has 4 nitrogen and oxygen atoms in total. The van der Waals surface area contributed by atoms with Gasteiger partial charge in [0.15, 0.2) is 0 Å². The summed E-state index contributed by atoms with van der Waals surface area (Å²) in [6.45, 7) is 5.63. The van der Waals surface area contributed by atoms with Crippen LogP contribution in [0.15, 0.2) is 24.3 Å². The Labute approximate surface area is 153 Å². The smallest absolute Gasteiger partial charge is 0.251 e. The van der Waals surface area contributed by atoms with Gasteiger partial charge < -0.3 is 10.4 Å². The lowest BCUT2D eigenvalue weighted by molar-refractivity contribution is 0.0714. The highest BCUT2D eigenvalue weighted by atomic mass is 32.1. The van der Waals surface area contributed by atoms with E-state index in [0.29, 0.717) is 12.0 Å². The normalized spacial score (nSPS) is 17.2. The summed E-state index contributed by atoms with van der Waals surface area (Å²) in [7, 11) is 0. The molecular weight excluding hydrogens is 332 g/mol. The fraction of sp³-hybridized carbons (Fsp3) is 0.500. The van der Waals surface area contributed by atoms with Crippen molar-refractivity contribution in [2.45, 2.75) is 64.5 Å². The van der Waals surface area contributed by atoms with Gasteiger partial charge in [0.2, 0.25) is 0 Å². The molecule has 134 valence electrons. The maximum atomic E-state index is 12.7. The lowest BCUT2D eigenvalue weighted by Gasteiger charge is -2.22. The largest absolute Gasteiger partial charge is 0.390 e. The standard InChI is InChI=1S/C20H26N2O2S/c1-13-21-18-16(8-5-9-17(18)25-13)22-19(23)15-7-4-6-14(12-15)10-11-20(2,3)24/h4,6-7,12,16,24H,5,8-11H2,1-3H3,(H,22,23)/t16-/m1/s1. The summed E-state index contributed by atoms with van der Waals surface area (Å²) in [5.74, 6) is -0.0476. The van der Waals surface area contributed by atoms with Crippen molar-refractivity contribution in [2.24, 2.45) is 0 Å². The van der Waals surface area contributed by atoms with Gasteiger partial charge in [0.25, 0.3) is 5.91 Å². The molecule has 2 aromatic rings. The number of aliphatic hydroxyl groups is 1. The van der Waals surface area contributed by atoms with Gasteiger partial charge in [0, 0.05) is 10.4 Å². The monoisotopic (exact) mass is 358 g/mol. The number of hydrogen-bond donors (Lipinski definition) is 2. The zero-order chi connectivity index (χ0) is 18.0. The summed E-state index contributed by atoms with van der Waals surface area (Å²) in [6, 6.07) is 7.70. The van der Waals surface area contributed by atoms with Crippen LogP contribution >= 0.6 is 11.3 Å². The van der Waals surface area contributed by atoms with E-state index in [1.165, 1.54) is 4.88 Å². The van der Waals surface area contributed by atoms with Gasteiger partial charge in [-0.2, -0.15) is 0 Å². The predicted molar refractivity (Wildman–Crippen MR) is 101 cm³/mol. The van der Waals surface area contributed by atoms with E-state index in [2.05, 4.69) is 10.3 Å². The van der Waals surface area contributed by atoms with Crippen molar-refractivity contribution in [2.75, 3.05) is 0 Å². The van der Waals surface area contributed by atoms with Gasteiger partial charge in [0.1, 0.15) is 0 Å². The Morgan fingerprint density at radius 1 is 1.44 bits per heavy atom. The number of nitrogens with zero attached hydrogens (tertiary/aromatic N) is 1. The van der Waals surface area contributed by atoms with E-state index in [1.54, 1.807) is 25.2 Å². The molecule has 1 aliphatic carbocycles. The van der Waals surface area contributed by atoms with Crippen LogP contribution in [-0.2, 0) is 12.8 Å².